The van der Waals surface area contributed by atoms with Crippen molar-refractivity contribution in [2.24, 2.45) is 5.92 Å². The zero-order valence-electron chi connectivity index (χ0n) is 10.8. The lowest BCUT2D eigenvalue weighted by Gasteiger charge is -2.33. The summed E-state index contributed by atoms with van der Waals surface area (Å²) in [6, 6.07) is 0.628. The highest BCUT2D eigenvalue weighted by Crippen LogP contribution is 2.12. The van der Waals surface area contributed by atoms with Gasteiger partial charge < -0.3 is 10.2 Å². The number of piperidine rings is 1. The van der Waals surface area contributed by atoms with E-state index in [1.807, 2.05) is 0 Å². The van der Waals surface area contributed by atoms with E-state index in [1.54, 1.807) is 6.33 Å². The molecule has 0 unspecified atom stereocenters. The van der Waals surface area contributed by atoms with E-state index in [-0.39, 0.29) is 0 Å². The quantitative estimate of drug-likeness (QED) is 0.802. The Morgan fingerprint density at radius 2 is 2.24 bits per heavy atom. The fraction of sp³-hybridized carbons (Fsp3) is 0.833. The van der Waals surface area contributed by atoms with Crippen LogP contribution in [0.15, 0.2) is 6.33 Å². The largest absolute Gasteiger partial charge is 0.307 e. The van der Waals surface area contributed by atoms with Crippen LogP contribution in [-0.2, 0) is 6.54 Å². The van der Waals surface area contributed by atoms with E-state index >= 15 is 0 Å². The molecule has 0 amide bonds. The maximum atomic E-state index is 4.12. The normalized spacial score (nSPS) is 19.0. The van der Waals surface area contributed by atoms with Gasteiger partial charge in [-0.1, -0.05) is 13.8 Å². The highest BCUT2D eigenvalue weighted by Gasteiger charge is 2.19. The molecule has 0 aliphatic carbocycles. The number of likely N-dealkylation sites (tertiary alicyclic amines) is 1. The molecule has 1 aromatic heterocycles. The lowest BCUT2D eigenvalue weighted by atomic mass is 10.0. The van der Waals surface area contributed by atoms with E-state index in [2.05, 4.69) is 39.2 Å². The molecule has 5 heteroatoms. The van der Waals surface area contributed by atoms with E-state index in [0.717, 1.165) is 18.3 Å². The summed E-state index contributed by atoms with van der Waals surface area (Å²) in [6.45, 7) is 9.03. The summed E-state index contributed by atoms with van der Waals surface area (Å²) >= 11 is 0. The summed E-state index contributed by atoms with van der Waals surface area (Å²) in [5, 5.41) is 10.3. The number of rotatable bonds is 5. The molecule has 1 aliphatic rings. The Hall–Kier alpha value is -0.940. The Morgan fingerprint density at radius 3 is 2.82 bits per heavy atom. The van der Waals surface area contributed by atoms with Crippen LogP contribution in [0, 0.1) is 5.92 Å². The van der Waals surface area contributed by atoms with Crippen molar-refractivity contribution in [2.45, 2.75) is 39.3 Å². The Bertz CT molecular complexity index is 301. The molecule has 0 atom stereocenters. The zero-order valence-corrected chi connectivity index (χ0v) is 10.8. The molecule has 2 heterocycles. The monoisotopic (exact) mass is 237 g/mol. The molecule has 0 spiro atoms. The molecule has 2 rings (SSSR count). The molecule has 96 valence electrons. The molecule has 0 bridgehead atoms. The number of aromatic amines is 1. The number of hydrogen-bond acceptors (Lipinski definition) is 4. The SMILES string of the molecule is CC(C)CN1CCC(NCc2ncn[nH]2)CC1. The first-order valence-electron chi connectivity index (χ1n) is 6.54. The Labute approximate surface area is 103 Å². The molecule has 0 radical (unpaired) electrons. The summed E-state index contributed by atoms with van der Waals surface area (Å²) in [4.78, 5) is 6.68. The number of nitrogens with zero attached hydrogens (tertiary/aromatic N) is 3. The maximum Gasteiger partial charge on any atom is 0.138 e. The van der Waals surface area contributed by atoms with Gasteiger partial charge in [-0.25, -0.2) is 4.98 Å². The molecular weight excluding hydrogens is 214 g/mol. The topological polar surface area (TPSA) is 56.8 Å². The van der Waals surface area contributed by atoms with Crippen LogP contribution >= 0.6 is 0 Å². The standard InChI is InChI=1S/C12H23N5/c1-10(2)8-17-5-3-11(4-6-17)13-7-12-14-9-15-16-12/h9-11,13H,3-8H2,1-2H3,(H,14,15,16). The molecule has 17 heavy (non-hydrogen) atoms. The molecule has 1 saturated heterocycles. The molecule has 2 N–H and O–H groups in total. The van der Waals surface area contributed by atoms with Gasteiger partial charge in [0, 0.05) is 12.6 Å². The second-order valence-electron chi connectivity index (χ2n) is 5.28. The van der Waals surface area contributed by atoms with Crippen LogP contribution in [0.4, 0.5) is 0 Å². The Morgan fingerprint density at radius 1 is 1.47 bits per heavy atom. The molecule has 1 aromatic rings. The van der Waals surface area contributed by atoms with Gasteiger partial charge in [0.05, 0.1) is 6.54 Å². The van der Waals surface area contributed by atoms with E-state index in [4.69, 9.17) is 0 Å². The second-order valence-corrected chi connectivity index (χ2v) is 5.28. The zero-order chi connectivity index (χ0) is 12.1. The summed E-state index contributed by atoms with van der Waals surface area (Å²) in [7, 11) is 0. The van der Waals surface area contributed by atoms with Crippen molar-refractivity contribution in [3.8, 4) is 0 Å². The van der Waals surface area contributed by atoms with Gasteiger partial charge in [-0.2, -0.15) is 5.10 Å². The first-order chi connectivity index (χ1) is 8.24. The maximum absolute atomic E-state index is 4.12. The third-order valence-corrected chi connectivity index (χ3v) is 3.23. The van der Waals surface area contributed by atoms with Gasteiger partial charge in [0.2, 0.25) is 0 Å². The number of aromatic nitrogens is 3. The van der Waals surface area contributed by atoms with Gasteiger partial charge >= 0.3 is 0 Å². The number of H-pyrrole nitrogens is 1. The van der Waals surface area contributed by atoms with Gasteiger partial charge in [0.25, 0.3) is 0 Å². The minimum absolute atomic E-state index is 0.628. The van der Waals surface area contributed by atoms with E-state index < -0.39 is 0 Å². The Kier molecular flexibility index (Phi) is 4.50. The molecular formula is C12H23N5. The van der Waals surface area contributed by atoms with Crippen LogP contribution in [0.3, 0.4) is 0 Å². The van der Waals surface area contributed by atoms with Crippen LogP contribution < -0.4 is 5.32 Å². The van der Waals surface area contributed by atoms with Gasteiger partial charge in [-0.15, -0.1) is 0 Å². The summed E-state index contributed by atoms with van der Waals surface area (Å²) < 4.78 is 0. The van der Waals surface area contributed by atoms with Crippen molar-refractivity contribution in [2.75, 3.05) is 19.6 Å². The first-order valence-corrected chi connectivity index (χ1v) is 6.54. The van der Waals surface area contributed by atoms with Crippen molar-refractivity contribution < 1.29 is 0 Å². The van der Waals surface area contributed by atoms with Gasteiger partial charge in [0.15, 0.2) is 0 Å². The van der Waals surface area contributed by atoms with Gasteiger partial charge in [-0.3, -0.25) is 5.10 Å². The molecule has 1 aliphatic heterocycles. The summed E-state index contributed by atoms with van der Waals surface area (Å²) in [5.41, 5.74) is 0. The molecule has 5 nitrogen and oxygen atoms in total. The summed E-state index contributed by atoms with van der Waals surface area (Å²) in [6.07, 6.45) is 4.03. The minimum Gasteiger partial charge on any atom is -0.307 e. The Balaban J connectivity index is 1.65. The van der Waals surface area contributed by atoms with Crippen LogP contribution in [-0.4, -0.2) is 45.8 Å². The number of hydrogen-bond donors (Lipinski definition) is 2. The smallest absolute Gasteiger partial charge is 0.138 e. The van der Waals surface area contributed by atoms with Crippen molar-refractivity contribution in [3.05, 3.63) is 12.2 Å². The number of nitrogens with one attached hydrogen (secondary N) is 2. The van der Waals surface area contributed by atoms with Crippen molar-refractivity contribution >= 4 is 0 Å². The van der Waals surface area contributed by atoms with Crippen molar-refractivity contribution in [1.29, 1.82) is 0 Å². The predicted octanol–water partition coefficient (Wildman–Crippen LogP) is 1.01. The van der Waals surface area contributed by atoms with Gasteiger partial charge in [0.1, 0.15) is 12.2 Å². The fourth-order valence-electron chi connectivity index (χ4n) is 2.39. The highest BCUT2D eigenvalue weighted by atomic mass is 15.2. The third-order valence-electron chi connectivity index (χ3n) is 3.23. The predicted molar refractivity (Wildman–Crippen MR) is 67.5 cm³/mol. The van der Waals surface area contributed by atoms with Gasteiger partial charge in [-0.05, 0) is 31.8 Å². The fourth-order valence-corrected chi connectivity index (χ4v) is 2.39. The summed E-state index contributed by atoms with van der Waals surface area (Å²) in [5.74, 6) is 1.70. The van der Waals surface area contributed by atoms with Crippen LogP contribution in [0.25, 0.3) is 0 Å². The molecule has 0 saturated carbocycles. The van der Waals surface area contributed by atoms with E-state index in [9.17, 15) is 0 Å². The second kappa shape index (κ2) is 6.12. The van der Waals surface area contributed by atoms with E-state index in [0.29, 0.717) is 6.04 Å². The van der Waals surface area contributed by atoms with Crippen molar-refractivity contribution in [3.63, 3.8) is 0 Å². The average Bonchev–Trinajstić information content (AvgIpc) is 2.80. The lowest BCUT2D eigenvalue weighted by molar-refractivity contribution is 0.179. The van der Waals surface area contributed by atoms with Crippen LogP contribution in [0.5, 0.6) is 0 Å². The van der Waals surface area contributed by atoms with Crippen molar-refractivity contribution in [1.82, 2.24) is 25.4 Å². The van der Waals surface area contributed by atoms with Crippen LogP contribution in [0.1, 0.15) is 32.5 Å². The van der Waals surface area contributed by atoms with E-state index in [1.165, 1.54) is 32.5 Å². The average molecular weight is 237 g/mol. The highest BCUT2D eigenvalue weighted by molar-refractivity contribution is 4.83. The lowest BCUT2D eigenvalue weighted by Crippen LogP contribution is -2.43. The molecule has 1 fully saturated rings. The third kappa shape index (κ3) is 4.09. The van der Waals surface area contributed by atoms with Crippen LogP contribution in [0.2, 0.25) is 0 Å². The first kappa shape index (κ1) is 12.5. The molecule has 0 aromatic carbocycles. The minimum atomic E-state index is 0.628.